The van der Waals surface area contributed by atoms with Crippen molar-refractivity contribution in [3.05, 3.63) is 107 Å². The van der Waals surface area contributed by atoms with Gasteiger partial charge in [-0.25, -0.2) is 4.39 Å². The van der Waals surface area contributed by atoms with Crippen LogP contribution in [-0.4, -0.2) is 34.6 Å². The van der Waals surface area contributed by atoms with Crippen LogP contribution in [0.15, 0.2) is 84.9 Å². The van der Waals surface area contributed by atoms with Gasteiger partial charge >= 0.3 is 0 Å². The number of rotatable bonds is 11. The van der Waals surface area contributed by atoms with Crippen LogP contribution in [0.1, 0.15) is 42.4 Å². The molecule has 4 rings (SSSR count). The Hall–Kier alpha value is -3.12. The lowest BCUT2D eigenvalue weighted by molar-refractivity contribution is -0.139. The monoisotopic (exact) mass is 504 g/mol. The molecule has 3 aromatic carbocycles. The summed E-state index contributed by atoms with van der Waals surface area (Å²) < 4.78 is 14.1. The Morgan fingerprint density at radius 3 is 2.17 bits per heavy atom. The SMILES string of the molecule is O=C(NC1CCCC1)C(Cc1ccccc1)N(Cc1ccccc1)C(=O)CSCc1ccccc1F. The van der Waals surface area contributed by atoms with E-state index in [4.69, 9.17) is 0 Å². The Balaban J connectivity index is 1.55. The highest BCUT2D eigenvalue weighted by Crippen LogP contribution is 2.22. The van der Waals surface area contributed by atoms with E-state index in [9.17, 15) is 14.0 Å². The third-order valence-electron chi connectivity index (χ3n) is 6.61. The smallest absolute Gasteiger partial charge is 0.243 e. The topological polar surface area (TPSA) is 49.4 Å². The summed E-state index contributed by atoms with van der Waals surface area (Å²) >= 11 is 1.37. The number of nitrogens with zero attached hydrogens (tertiary/aromatic N) is 1. The van der Waals surface area contributed by atoms with Crippen molar-refractivity contribution in [1.29, 1.82) is 0 Å². The minimum atomic E-state index is -0.630. The van der Waals surface area contributed by atoms with Gasteiger partial charge in [0, 0.05) is 24.8 Å². The molecule has 0 aliphatic heterocycles. The van der Waals surface area contributed by atoms with Gasteiger partial charge in [-0.15, -0.1) is 11.8 Å². The Kier molecular flexibility index (Phi) is 9.56. The van der Waals surface area contributed by atoms with E-state index in [1.165, 1.54) is 17.8 Å². The van der Waals surface area contributed by atoms with Crippen LogP contribution in [0.25, 0.3) is 0 Å². The van der Waals surface area contributed by atoms with E-state index in [1.807, 2.05) is 60.7 Å². The molecule has 0 radical (unpaired) electrons. The molecule has 0 spiro atoms. The second kappa shape index (κ2) is 13.3. The van der Waals surface area contributed by atoms with Gasteiger partial charge in [-0.05, 0) is 35.6 Å². The number of nitrogens with one attached hydrogen (secondary N) is 1. The third-order valence-corrected chi connectivity index (χ3v) is 7.58. The Bertz CT molecular complexity index is 1120. The molecule has 1 atom stereocenters. The van der Waals surface area contributed by atoms with Crippen LogP contribution in [0.2, 0.25) is 0 Å². The molecule has 3 aromatic rings. The summed E-state index contributed by atoms with van der Waals surface area (Å²) in [5.74, 6) is 0.0755. The predicted molar refractivity (Wildman–Crippen MR) is 144 cm³/mol. The number of thioether (sulfide) groups is 1. The maximum atomic E-state index is 14.1. The first-order valence-corrected chi connectivity index (χ1v) is 13.7. The van der Waals surface area contributed by atoms with Crippen LogP contribution < -0.4 is 5.32 Å². The van der Waals surface area contributed by atoms with Gasteiger partial charge in [0.15, 0.2) is 0 Å². The number of hydrogen-bond acceptors (Lipinski definition) is 3. The Morgan fingerprint density at radius 2 is 1.50 bits per heavy atom. The van der Waals surface area contributed by atoms with Crippen molar-refractivity contribution in [3.8, 4) is 0 Å². The molecule has 6 heteroatoms. The molecule has 1 aliphatic carbocycles. The molecule has 0 bridgehead atoms. The molecule has 1 saturated carbocycles. The average molecular weight is 505 g/mol. The molecule has 188 valence electrons. The summed E-state index contributed by atoms with van der Waals surface area (Å²) in [5, 5.41) is 3.22. The van der Waals surface area contributed by atoms with Gasteiger partial charge < -0.3 is 10.2 Å². The molecular weight excluding hydrogens is 471 g/mol. The van der Waals surface area contributed by atoms with E-state index in [2.05, 4.69) is 5.32 Å². The average Bonchev–Trinajstić information content (AvgIpc) is 3.41. The van der Waals surface area contributed by atoms with Crippen LogP contribution in [0, 0.1) is 5.82 Å². The minimum absolute atomic E-state index is 0.103. The summed E-state index contributed by atoms with van der Waals surface area (Å²) in [6, 6.07) is 25.8. The second-order valence-electron chi connectivity index (χ2n) is 9.29. The van der Waals surface area contributed by atoms with Crippen molar-refractivity contribution in [1.82, 2.24) is 10.2 Å². The number of hydrogen-bond donors (Lipinski definition) is 1. The van der Waals surface area contributed by atoms with Gasteiger partial charge in [-0.2, -0.15) is 0 Å². The predicted octanol–water partition coefficient (Wildman–Crippen LogP) is 5.76. The lowest BCUT2D eigenvalue weighted by atomic mass is 10.0. The number of halogens is 1. The van der Waals surface area contributed by atoms with Crippen molar-refractivity contribution in [2.24, 2.45) is 0 Å². The maximum Gasteiger partial charge on any atom is 0.243 e. The quantitative estimate of drug-likeness (QED) is 0.361. The van der Waals surface area contributed by atoms with Crippen LogP contribution in [0.3, 0.4) is 0 Å². The first kappa shape index (κ1) is 26.0. The lowest BCUT2D eigenvalue weighted by Crippen LogP contribution is -2.52. The van der Waals surface area contributed by atoms with Gasteiger partial charge in [-0.3, -0.25) is 9.59 Å². The van der Waals surface area contributed by atoms with Crippen molar-refractivity contribution in [3.63, 3.8) is 0 Å². The highest BCUT2D eigenvalue weighted by Gasteiger charge is 2.32. The van der Waals surface area contributed by atoms with Crippen molar-refractivity contribution >= 4 is 23.6 Å². The van der Waals surface area contributed by atoms with Crippen molar-refractivity contribution < 1.29 is 14.0 Å². The maximum absolute atomic E-state index is 14.1. The first-order valence-electron chi connectivity index (χ1n) is 12.6. The van der Waals surface area contributed by atoms with Crippen LogP contribution in [0.4, 0.5) is 4.39 Å². The largest absolute Gasteiger partial charge is 0.352 e. The molecule has 0 heterocycles. The number of carbonyl (C=O) groups excluding carboxylic acids is 2. The summed E-state index contributed by atoms with van der Waals surface area (Å²) in [5.41, 5.74) is 2.55. The second-order valence-corrected chi connectivity index (χ2v) is 10.3. The highest BCUT2D eigenvalue weighted by molar-refractivity contribution is 7.99. The molecule has 1 aliphatic rings. The number of benzene rings is 3. The normalized spacial score (nSPS) is 14.4. The minimum Gasteiger partial charge on any atom is -0.352 e. The van der Waals surface area contributed by atoms with E-state index < -0.39 is 6.04 Å². The molecule has 1 unspecified atom stereocenters. The third kappa shape index (κ3) is 7.44. The van der Waals surface area contributed by atoms with E-state index in [1.54, 1.807) is 23.1 Å². The van der Waals surface area contributed by atoms with Gasteiger partial charge in [-0.1, -0.05) is 91.7 Å². The van der Waals surface area contributed by atoms with Gasteiger partial charge in [0.05, 0.1) is 5.75 Å². The molecule has 0 aromatic heterocycles. The molecule has 36 heavy (non-hydrogen) atoms. The van der Waals surface area contributed by atoms with Crippen molar-refractivity contribution in [2.45, 2.75) is 56.5 Å². The van der Waals surface area contributed by atoms with Gasteiger partial charge in [0.25, 0.3) is 0 Å². The fourth-order valence-corrected chi connectivity index (χ4v) is 5.54. The molecule has 1 N–H and O–H groups in total. The lowest BCUT2D eigenvalue weighted by Gasteiger charge is -2.32. The van der Waals surface area contributed by atoms with E-state index in [0.717, 1.165) is 36.8 Å². The van der Waals surface area contributed by atoms with E-state index in [0.29, 0.717) is 24.3 Å². The highest BCUT2D eigenvalue weighted by atomic mass is 32.2. The van der Waals surface area contributed by atoms with Gasteiger partial charge in [0.1, 0.15) is 11.9 Å². The number of carbonyl (C=O) groups is 2. The van der Waals surface area contributed by atoms with Gasteiger partial charge in [0.2, 0.25) is 11.8 Å². The first-order chi connectivity index (χ1) is 17.6. The number of amides is 2. The zero-order valence-electron chi connectivity index (χ0n) is 20.4. The van der Waals surface area contributed by atoms with Crippen molar-refractivity contribution in [2.75, 3.05) is 5.75 Å². The molecule has 4 nitrogen and oxygen atoms in total. The van der Waals surface area contributed by atoms with Crippen LogP contribution >= 0.6 is 11.8 Å². The van der Waals surface area contributed by atoms with E-state index >= 15 is 0 Å². The molecule has 2 amide bonds. The fraction of sp³-hybridized carbons (Fsp3) is 0.333. The summed E-state index contributed by atoms with van der Waals surface area (Å²) in [7, 11) is 0. The molecular formula is C30H33FN2O2S. The Labute approximate surface area is 217 Å². The zero-order chi connectivity index (χ0) is 25.2. The van der Waals surface area contributed by atoms with Crippen LogP contribution in [0.5, 0.6) is 0 Å². The zero-order valence-corrected chi connectivity index (χ0v) is 21.3. The van der Waals surface area contributed by atoms with Crippen LogP contribution in [-0.2, 0) is 28.3 Å². The Morgan fingerprint density at radius 1 is 0.889 bits per heavy atom. The summed E-state index contributed by atoms with van der Waals surface area (Å²) in [6.07, 6.45) is 4.64. The fourth-order valence-electron chi connectivity index (χ4n) is 4.65. The molecule has 1 fully saturated rings. The summed E-state index contributed by atoms with van der Waals surface area (Å²) in [6.45, 7) is 0.343. The molecule has 0 saturated heterocycles. The summed E-state index contributed by atoms with van der Waals surface area (Å²) in [4.78, 5) is 29.0. The van der Waals surface area contributed by atoms with E-state index in [-0.39, 0.29) is 29.4 Å². The standard InChI is InChI=1S/C30H33FN2O2S/c31-27-18-10-7-15-25(27)21-36-22-29(34)33(20-24-13-5-2-6-14-24)28(19-23-11-3-1-4-12-23)30(35)32-26-16-8-9-17-26/h1-7,10-15,18,26,28H,8-9,16-17,19-22H2,(H,32,35).